The van der Waals surface area contributed by atoms with Crippen LogP contribution in [0.25, 0.3) is 0 Å². The van der Waals surface area contributed by atoms with Crippen LogP contribution in [-0.2, 0) is 14.3 Å². The van der Waals surface area contributed by atoms with E-state index in [2.05, 4.69) is 0 Å². The first-order valence-electron chi connectivity index (χ1n) is 6.36. The summed E-state index contributed by atoms with van der Waals surface area (Å²) in [5.74, 6) is 0.328. The molecule has 3 rings (SSSR count). The lowest BCUT2D eigenvalue weighted by molar-refractivity contribution is -0.188. The summed E-state index contributed by atoms with van der Waals surface area (Å²) >= 11 is 0. The van der Waals surface area contributed by atoms with Crippen LogP contribution in [-0.4, -0.2) is 42.9 Å². The van der Waals surface area contributed by atoms with Crippen LogP contribution in [0.2, 0.25) is 0 Å². The highest BCUT2D eigenvalue weighted by molar-refractivity contribution is 5.79. The lowest BCUT2D eigenvalue weighted by atomic mass is 9.84. The molecular formula is C12H19NO3. The molecule has 90 valence electrons. The molecule has 0 radical (unpaired) electrons. The second kappa shape index (κ2) is 4.00. The van der Waals surface area contributed by atoms with E-state index in [1.165, 1.54) is 6.42 Å². The number of rotatable bonds is 1. The third-order valence-corrected chi connectivity index (χ3v) is 4.10. The van der Waals surface area contributed by atoms with E-state index in [0.29, 0.717) is 25.0 Å². The van der Waals surface area contributed by atoms with E-state index in [-0.39, 0.29) is 5.79 Å². The van der Waals surface area contributed by atoms with Crippen LogP contribution < -0.4 is 0 Å². The number of hydrogen-bond acceptors (Lipinski definition) is 3. The Balaban J connectivity index is 1.55. The fraction of sp³-hybridized carbons (Fsp3) is 0.917. The van der Waals surface area contributed by atoms with Crippen molar-refractivity contribution in [1.29, 1.82) is 0 Å². The number of amides is 1. The average Bonchev–Trinajstić information content (AvgIpc) is 2.65. The maximum Gasteiger partial charge on any atom is 0.225 e. The van der Waals surface area contributed by atoms with Gasteiger partial charge < -0.3 is 14.4 Å². The van der Waals surface area contributed by atoms with E-state index in [9.17, 15) is 4.79 Å². The van der Waals surface area contributed by atoms with Crippen LogP contribution >= 0.6 is 0 Å². The van der Waals surface area contributed by atoms with Gasteiger partial charge in [-0.3, -0.25) is 4.79 Å². The van der Waals surface area contributed by atoms with Gasteiger partial charge in [0.05, 0.1) is 13.2 Å². The first-order chi connectivity index (χ1) is 7.79. The molecule has 2 saturated heterocycles. The summed E-state index contributed by atoms with van der Waals surface area (Å²) in [4.78, 5) is 14.0. The minimum atomic E-state index is -0.351. The summed E-state index contributed by atoms with van der Waals surface area (Å²) in [5, 5.41) is 0. The van der Waals surface area contributed by atoms with Crippen LogP contribution in [0.4, 0.5) is 0 Å². The van der Waals surface area contributed by atoms with Gasteiger partial charge in [0.15, 0.2) is 5.79 Å². The molecule has 3 fully saturated rings. The lowest BCUT2D eigenvalue weighted by Gasteiger charge is -2.40. The highest BCUT2D eigenvalue weighted by atomic mass is 16.7. The largest absolute Gasteiger partial charge is 0.347 e. The molecule has 1 aliphatic carbocycles. The molecule has 0 aromatic rings. The number of carbonyl (C=O) groups is 1. The topological polar surface area (TPSA) is 38.8 Å². The number of ether oxygens (including phenoxy) is 2. The number of carbonyl (C=O) groups excluding carboxylic acids is 1. The van der Waals surface area contributed by atoms with Gasteiger partial charge in [0, 0.05) is 31.8 Å². The van der Waals surface area contributed by atoms with Gasteiger partial charge in [-0.2, -0.15) is 0 Å². The third-order valence-electron chi connectivity index (χ3n) is 4.10. The van der Waals surface area contributed by atoms with Gasteiger partial charge in [-0.25, -0.2) is 0 Å². The summed E-state index contributed by atoms with van der Waals surface area (Å²) in [5.41, 5.74) is 0. The summed E-state index contributed by atoms with van der Waals surface area (Å²) < 4.78 is 11.3. The Morgan fingerprint density at radius 2 is 1.75 bits per heavy atom. The first kappa shape index (κ1) is 10.5. The standard InChI is InChI=1S/C12H19NO3/c14-11(10-2-1-3-10)13-6-4-12(5-7-13)15-8-9-16-12/h10H,1-9H2. The van der Waals surface area contributed by atoms with Crippen molar-refractivity contribution in [3.63, 3.8) is 0 Å². The minimum absolute atomic E-state index is 0.319. The molecule has 0 aromatic heterocycles. The zero-order chi connectivity index (χ0) is 11.0. The van der Waals surface area contributed by atoms with Crippen molar-refractivity contribution in [2.75, 3.05) is 26.3 Å². The Labute approximate surface area is 95.9 Å². The Morgan fingerprint density at radius 1 is 1.12 bits per heavy atom. The minimum Gasteiger partial charge on any atom is -0.347 e. The number of nitrogens with zero attached hydrogens (tertiary/aromatic N) is 1. The van der Waals surface area contributed by atoms with Crippen LogP contribution in [0.5, 0.6) is 0 Å². The molecule has 3 aliphatic rings. The van der Waals surface area contributed by atoms with E-state index in [0.717, 1.165) is 38.8 Å². The van der Waals surface area contributed by atoms with E-state index in [1.807, 2.05) is 4.90 Å². The Hall–Kier alpha value is -0.610. The molecular weight excluding hydrogens is 206 g/mol. The van der Waals surface area contributed by atoms with Gasteiger partial charge in [-0.1, -0.05) is 6.42 Å². The van der Waals surface area contributed by atoms with E-state index < -0.39 is 0 Å². The molecule has 0 aromatic carbocycles. The molecule has 1 saturated carbocycles. The third kappa shape index (κ3) is 1.74. The quantitative estimate of drug-likeness (QED) is 0.672. The molecule has 0 bridgehead atoms. The van der Waals surface area contributed by atoms with E-state index in [1.54, 1.807) is 0 Å². The zero-order valence-electron chi connectivity index (χ0n) is 9.61. The zero-order valence-corrected chi connectivity index (χ0v) is 9.61. The Bertz CT molecular complexity index is 272. The monoisotopic (exact) mass is 225 g/mol. The number of hydrogen-bond donors (Lipinski definition) is 0. The highest BCUT2D eigenvalue weighted by Crippen LogP contribution is 2.34. The summed E-state index contributed by atoms with van der Waals surface area (Å²) in [6.45, 7) is 3.01. The molecule has 0 N–H and O–H groups in total. The van der Waals surface area contributed by atoms with E-state index >= 15 is 0 Å². The lowest BCUT2D eigenvalue weighted by Crippen LogP contribution is -2.49. The van der Waals surface area contributed by atoms with Crippen LogP contribution in [0.3, 0.4) is 0 Å². The smallest absolute Gasteiger partial charge is 0.225 e. The van der Waals surface area contributed by atoms with Gasteiger partial charge in [-0.15, -0.1) is 0 Å². The predicted octanol–water partition coefficient (Wildman–Crippen LogP) is 1.15. The molecule has 4 nitrogen and oxygen atoms in total. The van der Waals surface area contributed by atoms with Gasteiger partial charge >= 0.3 is 0 Å². The van der Waals surface area contributed by atoms with Crippen molar-refractivity contribution in [2.45, 2.75) is 37.9 Å². The van der Waals surface area contributed by atoms with Gasteiger partial charge in [0.25, 0.3) is 0 Å². The molecule has 0 atom stereocenters. The normalized spacial score (nSPS) is 29.4. The van der Waals surface area contributed by atoms with Crippen LogP contribution in [0.15, 0.2) is 0 Å². The van der Waals surface area contributed by atoms with Crippen molar-refractivity contribution in [3.05, 3.63) is 0 Å². The van der Waals surface area contributed by atoms with Crippen molar-refractivity contribution in [1.82, 2.24) is 4.90 Å². The fourth-order valence-corrected chi connectivity index (χ4v) is 2.77. The second-order valence-corrected chi connectivity index (χ2v) is 5.06. The number of piperidine rings is 1. The maximum absolute atomic E-state index is 12.0. The second-order valence-electron chi connectivity index (χ2n) is 5.06. The van der Waals surface area contributed by atoms with Gasteiger partial charge in [0.1, 0.15) is 0 Å². The summed E-state index contributed by atoms with van der Waals surface area (Å²) in [6.07, 6.45) is 5.08. The van der Waals surface area contributed by atoms with Crippen LogP contribution in [0, 0.1) is 5.92 Å². The molecule has 2 heterocycles. The van der Waals surface area contributed by atoms with Crippen molar-refractivity contribution >= 4 is 5.91 Å². The molecule has 2 aliphatic heterocycles. The van der Waals surface area contributed by atoms with E-state index in [4.69, 9.17) is 9.47 Å². The first-order valence-corrected chi connectivity index (χ1v) is 6.36. The van der Waals surface area contributed by atoms with Crippen molar-refractivity contribution < 1.29 is 14.3 Å². The summed E-state index contributed by atoms with van der Waals surface area (Å²) in [7, 11) is 0. The average molecular weight is 225 g/mol. The SMILES string of the molecule is O=C(C1CCC1)N1CCC2(CC1)OCCO2. The van der Waals surface area contributed by atoms with Gasteiger partial charge in [0.2, 0.25) is 5.91 Å². The molecule has 16 heavy (non-hydrogen) atoms. The predicted molar refractivity (Wildman–Crippen MR) is 57.8 cm³/mol. The highest BCUT2D eigenvalue weighted by Gasteiger charge is 2.42. The molecule has 0 unspecified atom stereocenters. The maximum atomic E-state index is 12.0. The molecule has 1 amide bonds. The Morgan fingerprint density at radius 3 is 2.25 bits per heavy atom. The van der Waals surface area contributed by atoms with Crippen molar-refractivity contribution in [3.8, 4) is 0 Å². The molecule has 1 spiro atoms. The fourth-order valence-electron chi connectivity index (χ4n) is 2.77. The van der Waals surface area contributed by atoms with Gasteiger partial charge in [-0.05, 0) is 12.8 Å². The number of likely N-dealkylation sites (tertiary alicyclic amines) is 1. The van der Waals surface area contributed by atoms with Crippen LogP contribution in [0.1, 0.15) is 32.1 Å². The summed E-state index contributed by atoms with van der Waals surface area (Å²) in [6, 6.07) is 0. The van der Waals surface area contributed by atoms with Crippen molar-refractivity contribution in [2.24, 2.45) is 5.92 Å². The molecule has 4 heteroatoms. The Kier molecular flexibility index (Phi) is 2.64.